The monoisotopic (exact) mass is 248 g/mol. The summed E-state index contributed by atoms with van der Waals surface area (Å²) >= 11 is 0. The molecule has 1 saturated heterocycles. The van der Waals surface area contributed by atoms with Gasteiger partial charge in [0.1, 0.15) is 0 Å². The molecule has 0 unspecified atom stereocenters. The number of aryl methyl sites for hydroxylation is 1. The highest BCUT2D eigenvalue weighted by Gasteiger charge is 2.24. The van der Waals surface area contributed by atoms with E-state index in [2.05, 4.69) is 34.0 Å². The van der Waals surface area contributed by atoms with Gasteiger partial charge in [0.05, 0.1) is 0 Å². The SMILES string of the molecule is Cc1cnc(NC[C@@H]2CCCN2CC(C)C)nc1. The summed E-state index contributed by atoms with van der Waals surface area (Å²) in [5.74, 6) is 1.48. The van der Waals surface area contributed by atoms with E-state index >= 15 is 0 Å². The lowest BCUT2D eigenvalue weighted by Gasteiger charge is -2.26. The number of anilines is 1. The smallest absolute Gasteiger partial charge is 0.222 e. The predicted molar refractivity (Wildman–Crippen MR) is 74.7 cm³/mol. The molecule has 1 N–H and O–H groups in total. The number of aromatic nitrogens is 2. The molecule has 2 heterocycles. The van der Waals surface area contributed by atoms with Gasteiger partial charge in [-0.05, 0) is 37.8 Å². The summed E-state index contributed by atoms with van der Waals surface area (Å²) in [7, 11) is 0. The van der Waals surface area contributed by atoms with Crippen LogP contribution >= 0.6 is 0 Å². The van der Waals surface area contributed by atoms with E-state index in [0.29, 0.717) is 6.04 Å². The number of rotatable bonds is 5. The lowest BCUT2D eigenvalue weighted by Crippen LogP contribution is -2.37. The molecule has 0 bridgehead atoms. The third-order valence-electron chi connectivity index (χ3n) is 3.38. The average Bonchev–Trinajstić information content (AvgIpc) is 2.75. The van der Waals surface area contributed by atoms with Crippen molar-refractivity contribution < 1.29 is 0 Å². The maximum absolute atomic E-state index is 4.28. The van der Waals surface area contributed by atoms with Gasteiger partial charge in [-0.3, -0.25) is 4.90 Å². The first-order chi connectivity index (χ1) is 8.65. The van der Waals surface area contributed by atoms with Crippen LogP contribution in [0, 0.1) is 12.8 Å². The number of likely N-dealkylation sites (tertiary alicyclic amines) is 1. The molecule has 4 heteroatoms. The summed E-state index contributed by atoms with van der Waals surface area (Å²) in [5.41, 5.74) is 1.10. The second-order valence-corrected chi connectivity index (χ2v) is 5.65. The van der Waals surface area contributed by atoms with Gasteiger partial charge >= 0.3 is 0 Å². The van der Waals surface area contributed by atoms with Gasteiger partial charge in [-0.25, -0.2) is 9.97 Å². The van der Waals surface area contributed by atoms with E-state index < -0.39 is 0 Å². The largest absolute Gasteiger partial charge is 0.353 e. The van der Waals surface area contributed by atoms with E-state index in [-0.39, 0.29) is 0 Å². The molecule has 4 nitrogen and oxygen atoms in total. The van der Waals surface area contributed by atoms with Crippen molar-refractivity contribution in [1.82, 2.24) is 14.9 Å². The van der Waals surface area contributed by atoms with Crippen molar-refractivity contribution in [3.05, 3.63) is 18.0 Å². The molecular formula is C14H24N4. The molecule has 1 atom stereocenters. The molecule has 100 valence electrons. The van der Waals surface area contributed by atoms with Crippen molar-refractivity contribution in [2.24, 2.45) is 5.92 Å². The first kappa shape index (κ1) is 13.3. The molecule has 0 saturated carbocycles. The molecule has 0 aliphatic carbocycles. The van der Waals surface area contributed by atoms with Gasteiger partial charge in [-0.15, -0.1) is 0 Å². The zero-order chi connectivity index (χ0) is 13.0. The topological polar surface area (TPSA) is 41.1 Å². The Hall–Kier alpha value is -1.16. The quantitative estimate of drug-likeness (QED) is 0.868. The first-order valence-corrected chi connectivity index (χ1v) is 6.91. The number of hydrogen-bond donors (Lipinski definition) is 1. The minimum Gasteiger partial charge on any atom is -0.353 e. The van der Waals surface area contributed by atoms with Gasteiger partial charge in [0.2, 0.25) is 5.95 Å². The number of nitrogens with one attached hydrogen (secondary N) is 1. The Labute approximate surface area is 110 Å². The molecule has 1 aliphatic heterocycles. The van der Waals surface area contributed by atoms with Crippen LogP contribution in [-0.2, 0) is 0 Å². The Morgan fingerprint density at radius 2 is 2.11 bits per heavy atom. The van der Waals surface area contributed by atoms with E-state index in [0.717, 1.165) is 24.0 Å². The minimum absolute atomic E-state index is 0.636. The van der Waals surface area contributed by atoms with Gasteiger partial charge in [0.15, 0.2) is 0 Å². The minimum atomic E-state index is 0.636. The Morgan fingerprint density at radius 3 is 2.78 bits per heavy atom. The first-order valence-electron chi connectivity index (χ1n) is 6.91. The third kappa shape index (κ3) is 3.67. The predicted octanol–water partition coefficient (Wildman–Crippen LogP) is 2.32. The van der Waals surface area contributed by atoms with Crippen molar-refractivity contribution in [3.63, 3.8) is 0 Å². The van der Waals surface area contributed by atoms with Crippen molar-refractivity contribution in [2.45, 2.75) is 39.7 Å². The lowest BCUT2D eigenvalue weighted by atomic mass is 10.1. The van der Waals surface area contributed by atoms with E-state index in [1.807, 2.05) is 19.3 Å². The normalized spacial score (nSPS) is 20.6. The van der Waals surface area contributed by atoms with Crippen LogP contribution in [0.5, 0.6) is 0 Å². The number of hydrogen-bond acceptors (Lipinski definition) is 4. The molecule has 1 aromatic heterocycles. The highest BCUT2D eigenvalue weighted by atomic mass is 15.2. The van der Waals surface area contributed by atoms with Crippen molar-refractivity contribution >= 4 is 5.95 Å². The Balaban J connectivity index is 1.83. The van der Waals surface area contributed by atoms with E-state index in [9.17, 15) is 0 Å². The molecule has 0 aromatic carbocycles. The third-order valence-corrected chi connectivity index (χ3v) is 3.38. The molecule has 18 heavy (non-hydrogen) atoms. The molecule has 0 radical (unpaired) electrons. The highest BCUT2D eigenvalue weighted by Crippen LogP contribution is 2.18. The van der Waals surface area contributed by atoms with E-state index in [1.54, 1.807) is 0 Å². The molecule has 2 rings (SSSR count). The van der Waals surface area contributed by atoms with Crippen LogP contribution in [-0.4, -0.2) is 40.5 Å². The van der Waals surface area contributed by atoms with Crippen LogP contribution in [0.3, 0.4) is 0 Å². The summed E-state index contributed by atoms with van der Waals surface area (Å²) in [6.45, 7) is 9.96. The van der Waals surface area contributed by atoms with Crippen molar-refractivity contribution in [3.8, 4) is 0 Å². The van der Waals surface area contributed by atoms with Crippen LogP contribution in [0.4, 0.5) is 5.95 Å². The summed E-state index contributed by atoms with van der Waals surface area (Å²) in [4.78, 5) is 11.2. The molecule has 0 amide bonds. The summed E-state index contributed by atoms with van der Waals surface area (Å²) < 4.78 is 0. The molecule has 0 spiro atoms. The second-order valence-electron chi connectivity index (χ2n) is 5.65. The Bertz CT molecular complexity index is 361. The Kier molecular flexibility index (Phi) is 4.53. The summed E-state index contributed by atoms with van der Waals surface area (Å²) in [6, 6.07) is 0.636. The second kappa shape index (κ2) is 6.14. The molecule has 1 fully saturated rings. The van der Waals surface area contributed by atoms with Crippen LogP contribution in [0.1, 0.15) is 32.3 Å². The molecular weight excluding hydrogens is 224 g/mol. The van der Waals surface area contributed by atoms with E-state index in [1.165, 1.54) is 25.9 Å². The van der Waals surface area contributed by atoms with Gasteiger partial charge in [0.25, 0.3) is 0 Å². The van der Waals surface area contributed by atoms with Gasteiger partial charge in [0, 0.05) is 31.5 Å². The summed E-state index contributed by atoms with van der Waals surface area (Å²) in [5, 5.41) is 3.35. The lowest BCUT2D eigenvalue weighted by molar-refractivity contribution is 0.234. The van der Waals surface area contributed by atoms with Crippen LogP contribution in [0.25, 0.3) is 0 Å². The van der Waals surface area contributed by atoms with Crippen LogP contribution < -0.4 is 5.32 Å². The Morgan fingerprint density at radius 1 is 1.39 bits per heavy atom. The van der Waals surface area contributed by atoms with E-state index in [4.69, 9.17) is 0 Å². The number of nitrogens with zero attached hydrogens (tertiary/aromatic N) is 3. The average molecular weight is 248 g/mol. The van der Waals surface area contributed by atoms with Crippen molar-refractivity contribution in [2.75, 3.05) is 25.0 Å². The fraction of sp³-hybridized carbons (Fsp3) is 0.714. The zero-order valence-electron chi connectivity index (χ0n) is 11.7. The van der Waals surface area contributed by atoms with Gasteiger partial charge in [-0.2, -0.15) is 0 Å². The fourth-order valence-corrected chi connectivity index (χ4v) is 2.53. The van der Waals surface area contributed by atoms with Crippen LogP contribution in [0.2, 0.25) is 0 Å². The maximum Gasteiger partial charge on any atom is 0.222 e. The van der Waals surface area contributed by atoms with Crippen molar-refractivity contribution in [1.29, 1.82) is 0 Å². The standard InChI is InChI=1S/C14H24N4/c1-11(2)10-18-6-4-5-13(18)9-17-14-15-7-12(3)8-16-14/h7-8,11,13H,4-6,9-10H2,1-3H3,(H,15,16,17)/t13-/m0/s1. The molecule has 1 aromatic rings. The summed E-state index contributed by atoms with van der Waals surface area (Å²) in [6.07, 6.45) is 6.31. The fourth-order valence-electron chi connectivity index (χ4n) is 2.53. The molecule has 1 aliphatic rings. The van der Waals surface area contributed by atoms with Crippen LogP contribution in [0.15, 0.2) is 12.4 Å². The maximum atomic E-state index is 4.28. The van der Waals surface area contributed by atoms with Gasteiger partial charge in [-0.1, -0.05) is 13.8 Å². The highest BCUT2D eigenvalue weighted by molar-refractivity contribution is 5.24. The zero-order valence-corrected chi connectivity index (χ0v) is 11.7. The van der Waals surface area contributed by atoms with Gasteiger partial charge < -0.3 is 5.32 Å².